The van der Waals surface area contributed by atoms with Crippen LogP contribution in [0.2, 0.25) is 0 Å². The Morgan fingerprint density at radius 3 is 2.55 bits per heavy atom. The first-order valence-electron chi connectivity index (χ1n) is 13.7. The summed E-state index contributed by atoms with van der Waals surface area (Å²) in [5.74, 6) is 1.18. The van der Waals surface area contributed by atoms with Crippen LogP contribution in [0.15, 0.2) is 60.5 Å². The molecular formula is C33H39FO6. The first-order valence-corrected chi connectivity index (χ1v) is 13.7. The van der Waals surface area contributed by atoms with Gasteiger partial charge in [0.1, 0.15) is 35.8 Å². The highest BCUT2D eigenvalue weighted by Crippen LogP contribution is 2.40. The minimum atomic E-state index is -0.927. The maximum Gasteiger partial charge on any atom is 0.306 e. The van der Waals surface area contributed by atoms with Gasteiger partial charge >= 0.3 is 5.97 Å². The Morgan fingerprint density at radius 1 is 1.15 bits per heavy atom. The number of aryl methyl sites for hydroxylation is 2. The van der Waals surface area contributed by atoms with Gasteiger partial charge < -0.3 is 24.1 Å². The molecule has 0 unspecified atom stereocenters. The summed E-state index contributed by atoms with van der Waals surface area (Å²) in [6.07, 6.45) is 5.13. The number of ether oxygens (including phenoxy) is 4. The molecule has 0 bridgehead atoms. The van der Waals surface area contributed by atoms with E-state index in [1.807, 2.05) is 44.2 Å². The maximum absolute atomic E-state index is 15.3. The normalized spacial score (nSPS) is 21.9. The number of rotatable bonds is 8. The van der Waals surface area contributed by atoms with Crippen molar-refractivity contribution in [2.45, 2.75) is 71.0 Å². The van der Waals surface area contributed by atoms with Crippen molar-refractivity contribution in [1.29, 1.82) is 0 Å². The molecule has 1 N–H and O–H groups in total. The van der Waals surface area contributed by atoms with Crippen LogP contribution in [-0.2, 0) is 9.53 Å². The van der Waals surface area contributed by atoms with E-state index in [0.29, 0.717) is 35.8 Å². The van der Waals surface area contributed by atoms with Gasteiger partial charge in [-0.1, -0.05) is 18.7 Å². The molecule has 0 saturated carbocycles. The molecule has 0 amide bonds. The molecule has 6 nitrogen and oxygen atoms in total. The summed E-state index contributed by atoms with van der Waals surface area (Å²) in [6.45, 7) is 12.0. The number of hydrogen-bond acceptors (Lipinski definition) is 6. The van der Waals surface area contributed by atoms with E-state index in [1.54, 1.807) is 19.9 Å². The van der Waals surface area contributed by atoms with Crippen molar-refractivity contribution in [2.24, 2.45) is 0 Å². The molecule has 7 heteroatoms. The standard InChI is InChI=1S/C33H39FO6/c1-20-14-26(39-19-33(4,5)36)15-21(2)32(20)23-8-7-9-29(22(3)28(34)13-10-23)40-25-11-12-27-24(16-31(35)37-6)18-38-30(27)17-25/h10-15,17,24,29,36H,3,7-9,16,18-19H2,1-2,4-6H3/b23-10+,28-13+/t24-,29-/m1/s1. The van der Waals surface area contributed by atoms with E-state index in [4.69, 9.17) is 18.9 Å². The van der Waals surface area contributed by atoms with Crippen molar-refractivity contribution in [3.05, 3.63) is 82.7 Å². The number of carbonyl (C=O) groups excluding carboxylic acids is 1. The largest absolute Gasteiger partial charge is 0.492 e. The highest BCUT2D eigenvalue weighted by Gasteiger charge is 2.28. The fraction of sp³-hybridized carbons (Fsp3) is 0.424. The van der Waals surface area contributed by atoms with Gasteiger partial charge in [-0.25, -0.2) is 4.39 Å². The minimum absolute atomic E-state index is 0.0599. The molecular weight excluding hydrogens is 511 g/mol. The zero-order chi connectivity index (χ0) is 29.0. The van der Waals surface area contributed by atoms with Crippen LogP contribution in [0.25, 0.3) is 5.57 Å². The molecule has 2 atom stereocenters. The summed E-state index contributed by atoms with van der Waals surface area (Å²) in [4.78, 5) is 11.7. The summed E-state index contributed by atoms with van der Waals surface area (Å²) in [6, 6.07) is 9.44. The van der Waals surface area contributed by atoms with Crippen molar-refractivity contribution in [1.82, 2.24) is 0 Å². The summed E-state index contributed by atoms with van der Waals surface area (Å²) in [5.41, 5.74) is 4.47. The highest BCUT2D eigenvalue weighted by atomic mass is 19.1. The van der Waals surface area contributed by atoms with Crippen LogP contribution >= 0.6 is 0 Å². The summed E-state index contributed by atoms with van der Waals surface area (Å²) in [5, 5.41) is 9.99. The predicted octanol–water partition coefficient (Wildman–Crippen LogP) is 6.92. The van der Waals surface area contributed by atoms with Crippen LogP contribution in [0.3, 0.4) is 0 Å². The fourth-order valence-electron chi connectivity index (χ4n) is 5.23. The van der Waals surface area contributed by atoms with Gasteiger partial charge in [0.15, 0.2) is 0 Å². The quantitative estimate of drug-likeness (QED) is 0.360. The second-order valence-corrected chi connectivity index (χ2v) is 11.3. The number of carbonyl (C=O) groups is 1. The Kier molecular flexibility index (Phi) is 9.04. The van der Waals surface area contributed by atoms with E-state index in [-0.39, 0.29) is 24.9 Å². The number of aliphatic hydroxyl groups is 1. The van der Waals surface area contributed by atoms with Crippen molar-refractivity contribution in [3.8, 4) is 17.2 Å². The van der Waals surface area contributed by atoms with E-state index >= 15 is 4.39 Å². The van der Waals surface area contributed by atoms with Crippen LogP contribution in [-0.4, -0.2) is 43.1 Å². The molecule has 0 aromatic heterocycles. The molecule has 1 heterocycles. The van der Waals surface area contributed by atoms with E-state index < -0.39 is 17.5 Å². The van der Waals surface area contributed by atoms with Gasteiger partial charge in [-0.05, 0) is 93.5 Å². The van der Waals surface area contributed by atoms with Gasteiger partial charge in [-0.3, -0.25) is 4.79 Å². The third kappa shape index (κ3) is 7.13. The van der Waals surface area contributed by atoms with Crippen molar-refractivity contribution in [3.63, 3.8) is 0 Å². The number of allylic oxidation sites excluding steroid dienone is 3. The van der Waals surface area contributed by atoms with E-state index in [0.717, 1.165) is 40.7 Å². The average Bonchev–Trinajstić information content (AvgIpc) is 3.31. The number of benzene rings is 2. The first kappa shape index (κ1) is 29.4. The zero-order valence-electron chi connectivity index (χ0n) is 24.0. The molecule has 2 aliphatic rings. The van der Waals surface area contributed by atoms with E-state index in [1.165, 1.54) is 13.2 Å². The Labute approximate surface area is 236 Å². The molecule has 1 aliphatic carbocycles. The second-order valence-electron chi connectivity index (χ2n) is 11.3. The lowest BCUT2D eigenvalue weighted by Gasteiger charge is -2.21. The van der Waals surface area contributed by atoms with Gasteiger partial charge in [0.25, 0.3) is 0 Å². The molecule has 0 radical (unpaired) electrons. The second kappa shape index (κ2) is 12.3. The average molecular weight is 551 g/mol. The first-order chi connectivity index (χ1) is 18.9. The molecule has 40 heavy (non-hydrogen) atoms. The maximum atomic E-state index is 15.3. The molecule has 0 spiro atoms. The smallest absolute Gasteiger partial charge is 0.306 e. The fourth-order valence-corrected chi connectivity index (χ4v) is 5.23. The topological polar surface area (TPSA) is 74.2 Å². The van der Waals surface area contributed by atoms with Crippen molar-refractivity contribution in [2.75, 3.05) is 20.3 Å². The number of methoxy groups -OCH3 is 1. The number of esters is 1. The third-order valence-corrected chi connectivity index (χ3v) is 7.24. The molecule has 2 aromatic rings. The van der Waals surface area contributed by atoms with Gasteiger partial charge in [0.2, 0.25) is 0 Å². The molecule has 214 valence electrons. The summed E-state index contributed by atoms with van der Waals surface area (Å²) in [7, 11) is 1.38. The third-order valence-electron chi connectivity index (χ3n) is 7.24. The SMILES string of the molecule is C=C1/C(F)=C\C=C(\c2c(C)cc(OCC(C)(C)O)cc2C)CCC[C@H]1Oc1ccc2c(c1)OC[C@H]2CC(=O)OC. The van der Waals surface area contributed by atoms with E-state index in [2.05, 4.69) is 6.58 Å². The van der Waals surface area contributed by atoms with Crippen molar-refractivity contribution >= 4 is 11.5 Å². The van der Waals surface area contributed by atoms with E-state index in [9.17, 15) is 9.90 Å². The monoisotopic (exact) mass is 550 g/mol. The minimum Gasteiger partial charge on any atom is -0.492 e. The molecule has 1 aliphatic heterocycles. The predicted molar refractivity (Wildman–Crippen MR) is 154 cm³/mol. The number of hydrogen-bond donors (Lipinski definition) is 1. The van der Waals surface area contributed by atoms with Crippen LogP contribution in [0.5, 0.6) is 17.2 Å². The Morgan fingerprint density at radius 2 is 1.88 bits per heavy atom. The Balaban J connectivity index is 1.47. The lowest BCUT2D eigenvalue weighted by molar-refractivity contribution is -0.141. The van der Waals surface area contributed by atoms with Crippen LogP contribution < -0.4 is 14.2 Å². The van der Waals surface area contributed by atoms with Crippen LogP contribution in [0, 0.1) is 13.8 Å². The van der Waals surface area contributed by atoms with Crippen LogP contribution in [0.1, 0.15) is 67.7 Å². The molecule has 4 rings (SSSR count). The van der Waals surface area contributed by atoms with Gasteiger partial charge in [0.05, 0.1) is 25.7 Å². The highest BCUT2D eigenvalue weighted by molar-refractivity contribution is 5.73. The van der Waals surface area contributed by atoms with Gasteiger partial charge in [-0.15, -0.1) is 0 Å². The lowest BCUT2D eigenvalue weighted by atomic mass is 9.91. The lowest BCUT2D eigenvalue weighted by Crippen LogP contribution is -2.27. The number of halogens is 1. The molecule has 0 saturated heterocycles. The molecule has 0 fully saturated rings. The van der Waals surface area contributed by atoms with Gasteiger partial charge in [0, 0.05) is 23.1 Å². The molecule has 2 aromatic carbocycles. The van der Waals surface area contributed by atoms with Crippen molar-refractivity contribution < 1.29 is 33.2 Å². The zero-order valence-corrected chi connectivity index (χ0v) is 24.0. The Hall–Kier alpha value is -3.58. The number of fused-ring (bicyclic) bond motifs is 1. The van der Waals surface area contributed by atoms with Crippen LogP contribution in [0.4, 0.5) is 4.39 Å². The summed E-state index contributed by atoms with van der Waals surface area (Å²) < 4.78 is 37.9. The summed E-state index contributed by atoms with van der Waals surface area (Å²) >= 11 is 0. The Bertz CT molecular complexity index is 1310. The van der Waals surface area contributed by atoms with Gasteiger partial charge in [-0.2, -0.15) is 0 Å².